The number of hydrogen-bond donors (Lipinski definition) is 1. The van der Waals surface area contributed by atoms with Gasteiger partial charge in [0.2, 0.25) is 0 Å². The van der Waals surface area contributed by atoms with Gasteiger partial charge in [-0.1, -0.05) is 12.1 Å². The van der Waals surface area contributed by atoms with Crippen LogP contribution in [0.2, 0.25) is 0 Å². The third-order valence-electron chi connectivity index (χ3n) is 3.46. The van der Waals surface area contributed by atoms with E-state index in [0.717, 1.165) is 41.6 Å². The summed E-state index contributed by atoms with van der Waals surface area (Å²) in [5.41, 5.74) is 3.97. The molecule has 0 bridgehead atoms. The molecule has 2 nitrogen and oxygen atoms in total. The van der Waals surface area contributed by atoms with Gasteiger partial charge in [-0.2, -0.15) is 0 Å². The Kier molecular flexibility index (Phi) is 4.33. The SMILES string of the molecule is O=C1NCCCc2ccc(C(Cl)c3csc(I)c3)cc21. The number of hydrogen-bond acceptors (Lipinski definition) is 2. The van der Waals surface area contributed by atoms with Crippen molar-refractivity contribution in [3.8, 4) is 0 Å². The number of aryl methyl sites for hydroxylation is 1. The molecule has 20 heavy (non-hydrogen) atoms. The predicted octanol–water partition coefficient (Wildman–Crippen LogP) is 4.36. The molecule has 1 atom stereocenters. The van der Waals surface area contributed by atoms with E-state index >= 15 is 0 Å². The van der Waals surface area contributed by atoms with Crippen LogP contribution in [0.1, 0.15) is 38.8 Å². The molecule has 2 heterocycles. The number of halogens is 2. The number of nitrogens with one attached hydrogen (secondary N) is 1. The summed E-state index contributed by atoms with van der Waals surface area (Å²) in [6.45, 7) is 0.746. The smallest absolute Gasteiger partial charge is 0.251 e. The molecular weight excluding hydrogens is 405 g/mol. The van der Waals surface area contributed by atoms with Crippen LogP contribution in [0.5, 0.6) is 0 Å². The van der Waals surface area contributed by atoms with E-state index in [-0.39, 0.29) is 11.3 Å². The normalized spacial score (nSPS) is 16.2. The number of benzene rings is 1. The summed E-state index contributed by atoms with van der Waals surface area (Å²) >= 11 is 10.5. The maximum Gasteiger partial charge on any atom is 0.251 e. The minimum Gasteiger partial charge on any atom is -0.352 e. The van der Waals surface area contributed by atoms with Gasteiger partial charge in [-0.15, -0.1) is 22.9 Å². The molecule has 2 aromatic rings. The maximum absolute atomic E-state index is 12.1. The molecule has 0 saturated heterocycles. The van der Waals surface area contributed by atoms with Crippen molar-refractivity contribution in [2.24, 2.45) is 0 Å². The molecule has 1 N–H and O–H groups in total. The monoisotopic (exact) mass is 417 g/mol. The van der Waals surface area contributed by atoms with Crippen molar-refractivity contribution in [3.63, 3.8) is 0 Å². The molecule has 0 aliphatic carbocycles. The van der Waals surface area contributed by atoms with Crippen LogP contribution in [0.15, 0.2) is 29.6 Å². The average Bonchev–Trinajstić information content (AvgIpc) is 2.80. The molecule has 0 saturated carbocycles. The zero-order valence-electron chi connectivity index (χ0n) is 10.7. The van der Waals surface area contributed by atoms with Gasteiger partial charge in [0.15, 0.2) is 0 Å². The van der Waals surface area contributed by atoms with Crippen molar-refractivity contribution in [3.05, 3.63) is 54.8 Å². The number of carbonyl (C=O) groups is 1. The van der Waals surface area contributed by atoms with Gasteiger partial charge in [-0.25, -0.2) is 0 Å². The Bertz CT molecular complexity index is 655. The lowest BCUT2D eigenvalue weighted by molar-refractivity contribution is 0.0956. The van der Waals surface area contributed by atoms with E-state index in [1.54, 1.807) is 11.3 Å². The summed E-state index contributed by atoms with van der Waals surface area (Å²) in [6, 6.07) is 8.12. The first kappa shape index (κ1) is 14.4. The Morgan fingerprint density at radius 2 is 2.15 bits per heavy atom. The highest BCUT2D eigenvalue weighted by Gasteiger charge is 2.19. The van der Waals surface area contributed by atoms with Gasteiger partial charge < -0.3 is 5.32 Å². The fourth-order valence-electron chi connectivity index (χ4n) is 2.41. The molecule has 5 heteroatoms. The quantitative estimate of drug-likeness (QED) is 0.571. The number of fused-ring (bicyclic) bond motifs is 1. The Hall–Kier alpha value is -0.590. The van der Waals surface area contributed by atoms with Gasteiger partial charge in [-0.05, 0) is 69.6 Å². The summed E-state index contributed by atoms with van der Waals surface area (Å²) in [4.78, 5) is 12.1. The van der Waals surface area contributed by atoms with E-state index in [1.165, 1.54) is 2.88 Å². The third-order valence-corrected chi connectivity index (χ3v) is 5.77. The zero-order valence-corrected chi connectivity index (χ0v) is 14.4. The van der Waals surface area contributed by atoms with Crippen LogP contribution < -0.4 is 5.32 Å². The highest BCUT2D eigenvalue weighted by molar-refractivity contribution is 14.1. The molecule has 1 aliphatic rings. The summed E-state index contributed by atoms with van der Waals surface area (Å²) in [5, 5.41) is 4.81. The molecule has 0 spiro atoms. The molecule has 0 radical (unpaired) electrons. The molecule has 0 fully saturated rings. The molecule has 1 aromatic carbocycles. The van der Waals surface area contributed by atoms with Crippen LogP contribution in [-0.4, -0.2) is 12.5 Å². The van der Waals surface area contributed by atoms with Crippen molar-refractivity contribution >= 4 is 51.4 Å². The van der Waals surface area contributed by atoms with E-state index in [0.29, 0.717) is 0 Å². The van der Waals surface area contributed by atoms with Crippen LogP contribution in [0.4, 0.5) is 0 Å². The average molecular weight is 418 g/mol. The second-order valence-electron chi connectivity index (χ2n) is 4.82. The van der Waals surface area contributed by atoms with Crippen LogP contribution in [0, 0.1) is 2.88 Å². The Labute approximate surface area is 140 Å². The first-order chi connectivity index (χ1) is 9.65. The van der Waals surface area contributed by atoms with E-state index < -0.39 is 0 Å². The van der Waals surface area contributed by atoms with Gasteiger partial charge in [0.1, 0.15) is 0 Å². The third kappa shape index (κ3) is 2.87. The van der Waals surface area contributed by atoms with Gasteiger partial charge >= 0.3 is 0 Å². The lowest BCUT2D eigenvalue weighted by Gasteiger charge is -2.12. The Balaban J connectivity index is 1.97. The summed E-state index contributed by atoms with van der Waals surface area (Å²) < 4.78 is 1.22. The van der Waals surface area contributed by atoms with Crippen molar-refractivity contribution < 1.29 is 4.79 Å². The number of amides is 1. The highest BCUT2D eigenvalue weighted by Crippen LogP contribution is 2.33. The summed E-state index contributed by atoms with van der Waals surface area (Å²) in [7, 11) is 0. The fourth-order valence-corrected chi connectivity index (χ4v) is 4.14. The molecule has 1 unspecified atom stereocenters. The summed E-state index contributed by atoms with van der Waals surface area (Å²) in [6.07, 6.45) is 1.93. The highest BCUT2D eigenvalue weighted by atomic mass is 127. The van der Waals surface area contributed by atoms with Gasteiger partial charge in [0, 0.05) is 12.1 Å². The van der Waals surface area contributed by atoms with Crippen molar-refractivity contribution in [2.75, 3.05) is 6.54 Å². The largest absolute Gasteiger partial charge is 0.352 e. The lowest BCUT2D eigenvalue weighted by Crippen LogP contribution is -2.22. The Morgan fingerprint density at radius 3 is 2.90 bits per heavy atom. The zero-order chi connectivity index (χ0) is 14.1. The first-order valence-corrected chi connectivity index (χ1v) is 8.83. The molecule has 1 aliphatic heterocycles. The van der Waals surface area contributed by atoms with E-state index in [9.17, 15) is 4.79 Å². The summed E-state index contributed by atoms with van der Waals surface area (Å²) in [5.74, 6) is 0.0168. The number of thiophene rings is 1. The predicted molar refractivity (Wildman–Crippen MR) is 91.8 cm³/mol. The van der Waals surface area contributed by atoms with Crippen LogP contribution >= 0.6 is 45.5 Å². The standard InChI is InChI=1S/C15H13ClINOS/c16-14(11-7-13(17)20-8-11)10-4-3-9-2-1-5-18-15(19)12(9)6-10/h3-4,6-8,14H,1-2,5H2,(H,18,19). The topological polar surface area (TPSA) is 29.1 Å². The van der Waals surface area contributed by atoms with E-state index in [1.807, 2.05) is 18.2 Å². The molecule has 3 rings (SSSR count). The van der Waals surface area contributed by atoms with E-state index in [4.69, 9.17) is 11.6 Å². The van der Waals surface area contributed by atoms with Crippen LogP contribution in [-0.2, 0) is 6.42 Å². The number of carbonyl (C=O) groups excluding carboxylic acids is 1. The molecular formula is C15H13ClINOS. The van der Waals surface area contributed by atoms with Gasteiger partial charge in [0.05, 0.1) is 8.26 Å². The number of rotatable bonds is 2. The first-order valence-electron chi connectivity index (χ1n) is 6.44. The molecule has 1 amide bonds. The van der Waals surface area contributed by atoms with Crippen LogP contribution in [0.25, 0.3) is 0 Å². The minimum absolute atomic E-state index is 0.0168. The second kappa shape index (κ2) is 6.03. The van der Waals surface area contributed by atoms with E-state index in [2.05, 4.69) is 39.4 Å². The lowest BCUT2D eigenvalue weighted by atomic mass is 9.98. The maximum atomic E-state index is 12.1. The minimum atomic E-state index is -0.198. The fraction of sp³-hybridized carbons (Fsp3) is 0.267. The second-order valence-corrected chi connectivity index (χ2v) is 8.06. The van der Waals surface area contributed by atoms with Crippen molar-refractivity contribution in [1.29, 1.82) is 0 Å². The van der Waals surface area contributed by atoms with Crippen molar-refractivity contribution in [1.82, 2.24) is 5.32 Å². The van der Waals surface area contributed by atoms with Crippen molar-refractivity contribution in [2.45, 2.75) is 18.2 Å². The number of alkyl halides is 1. The van der Waals surface area contributed by atoms with Gasteiger partial charge in [-0.3, -0.25) is 4.79 Å². The molecule has 104 valence electrons. The Morgan fingerprint density at radius 1 is 1.30 bits per heavy atom. The van der Waals surface area contributed by atoms with Gasteiger partial charge in [0.25, 0.3) is 5.91 Å². The molecule has 1 aromatic heterocycles. The van der Waals surface area contributed by atoms with Crippen LogP contribution in [0.3, 0.4) is 0 Å².